The van der Waals surface area contributed by atoms with Gasteiger partial charge in [0.2, 0.25) is 0 Å². The fourth-order valence-electron chi connectivity index (χ4n) is 5.38. The molecule has 3 aromatic carbocycles. The molecule has 7 heteroatoms. The van der Waals surface area contributed by atoms with Gasteiger partial charge < -0.3 is 25.0 Å². The SMILES string of the molecule is C=CC(=CC=C(C)CN1CCCc2cc(C(=O)NCc3ccc4c(c3)OCCO4)ccc21)c1ccccc1C(=O)NC. The lowest BCUT2D eigenvalue weighted by molar-refractivity contribution is 0.0946. The molecule has 2 aliphatic rings. The van der Waals surface area contributed by atoms with E-state index in [1.54, 1.807) is 13.1 Å². The van der Waals surface area contributed by atoms with Crippen molar-refractivity contribution >= 4 is 23.1 Å². The monoisotopic (exact) mass is 563 g/mol. The first-order valence-electron chi connectivity index (χ1n) is 14.3. The average Bonchev–Trinajstić information content (AvgIpc) is 3.03. The molecular formula is C35H37N3O4. The lowest BCUT2D eigenvalue weighted by Crippen LogP contribution is -2.31. The van der Waals surface area contributed by atoms with Crippen LogP contribution in [-0.4, -0.2) is 45.2 Å². The third-order valence-corrected chi connectivity index (χ3v) is 7.53. The number of aryl methyl sites for hydroxylation is 1. The normalized spacial score (nSPS) is 14.6. The van der Waals surface area contributed by atoms with Gasteiger partial charge in [0.15, 0.2) is 11.5 Å². The maximum Gasteiger partial charge on any atom is 0.251 e. The summed E-state index contributed by atoms with van der Waals surface area (Å²) < 4.78 is 11.2. The Morgan fingerprint density at radius 1 is 0.952 bits per heavy atom. The van der Waals surface area contributed by atoms with E-state index in [9.17, 15) is 9.59 Å². The quantitative estimate of drug-likeness (QED) is 0.326. The molecule has 0 atom stereocenters. The smallest absolute Gasteiger partial charge is 0.251 e. The molecule has 0 unspecified atom stereocenters. The molecule has 0 saturated carbocycles. The van der Waals surface area contributed by atoms with E-state index in [-0.39, 0.29) is 11.8 Å². The summed E-state index contributed by atoms with van der Waals surface area (Å²) in [6.07, 6.45) is 7.85. The first-order valence-corrected chi connectivity index (χ1v) is 14.3. The standard InChI is InChI=1S/C35H37N3O4/c1-4-26(29-9-5-6-10-30(29)35(40)36-3)13-11-24(2)23-38-17-7-8-27-21-28(14-15-31(27)38)34(39)37-22-25-12-16-32-33(20-25)42-19-18-41-32/h4-6,9-16,20-21H,1,7-8,17-19,22-23H2,2-3H3,(H,36,40)(H,37,39). The van der Waals surface area contributed by atoms with E-state index in [2.05, 4.69) is 41.2 Å². The number of fused-ring (bicyclic) bond motifs is 2. The molecule has 0 spiro atoms. The van der Waals surface area contributed by atoms with E-state index in [1.165, 1.54) is 11.1 Å². The lowest BCUT2D eigenvalue weighted by Gasteiger charge is -2.32. The fourth-order valence-corrected chi connectivity index (χ4v) is 5.38. The molecule has 2 aliphatic heterocycles. The molecular weight excluding hydrogens is 526 g/mol. The Balaban J connectivity index is 1.25. The summed E-state index contributed by atoms with van der Waals surface area (Å²) in [5.41, 5.74) is 7.50. The van der Waals surface area contributed by atoms with Gasteiger partial charge in [-0.3, -0.25) is 9.59 Å². The van der Waals surface area contributed by atoms with Crippen LogP contribution in [0.5, 0.6) is 11.5 Å². The molecule has 0 aliphatic carbocycles. The Morgan fingerprint density at radius 3 is 2.52 bits per heavy atom. The van der Waals surface area contributed by atoms with Gasteiger partial charge in [-0.15, -0.1) is 0 Å². The number of carbonyl (C=O) groups excluding carboxylic acids is 2. The van der Waals surface area contributed by atoms with Gasteiger partial charge in [0.25, 0.3) is 11.8 Å². The third kappa shape index (κ3) is 6.57. The molecule has 2 heterocycles. The minimum Gasteiger partial charge on any atom is -0.486 e. The van der Waals surface area contributed by atoms with Crippen LogP contribution in [0.2, 0.25) is 0 Å². The van der Waals surface area contributed by atoms with E-state index in [4.69, 9.17) is 9.47 Å². The summed E-state index contributed by atoms with van der Waals surface area (Å²) in [6, 6.07) is 19.3. The Hall–Kier alpha value is -4.78. The molecule has 0 radical (unpaired) electrons. The summed E-state index contributed by atoms with van der Waals surface area (Å²) in [5, 5.41) is 5.74. The average molecular weight is 564 g/mol. The minimum absolute atomic E-state index is 0.0972. The molecule has 0 bridgehead atoms. The molecule has 2 N–H and O–H groups in total. The molecule has 0 aromatic heterocycles. The van der Waals surface area contributed by atoms with Gasteiger partial charge in [-0.1, -0.05) is 54.6 Å². The van der Waals surface area contributed by atoms with Gasteiger partial charge in [-0.05, 0) is 78.4 Å². The predicted octanol–water partition coefficient (Wildman–Crippen LogP) is 5.72. The van der Waals surface area contributed by atoms with Gasteiger partial charge in [0.1, 0.15) is 13.2 Å². The maximum absolute atomic E-state index is 13.0. The van der Waals surface area contributed by atoms with E-state index in [0.717, 1.165) is 59.8 Å². The Morgan fingerprint density at radius 2 is 1.74 bits per heavy atom. The minimum atomic E-state index is -0.125. The van der Waals surface area contributed by atoms with E-state index in [1.807, 2.05) is 60.7 Å². The number of ether oxygens (including phenoxy) is 2. The molecule has 5 rings (SSSR count). The summed E-state index contributed by atoms with van der Waals surface area (Å²) in [5.74, 6) is 1.24. The van der Waals surface area contributed by atoms with E-state index in [0.29, 0.717) is 30.9 Å². The first-order chi connectivity index (χ1) is 20.5. The molecule has 0 fully saturated rings. The van der Waals surface area contributed by atoms with Crippen LogP contribution in [-0.2, 0) is 13.0 Å². The highest BCUT2D eigenvalue weighted by Gasteiger charge is 2.19. The summed E-state index contributed by atoms with van der Waals surface area (Å²) in [6.45, 7) is 9.29. The van der Waals surface area contributed by atoms with Crippen LogP contribution in [0.15, 0.2) is 91.0 Å². The molecule has 42 heavy (non-hydrogen) atoms. The highest BCUT2D eigenvalue weighted by atomic mass is 16.6. The van der Waals surface area contributed by atoms with Gasteiger partial charge in [0, 0.05) is 43.5 Å². The Kier molecular flexibility index (Phi) is 9.07. The number of benzene rings is 3. The third-order valence-electron chi connectivity index (χ3n) is 7.53. The van der Waals surface area contributed by atoms with Crippen molar-refractivity contribution in [3.05, 3.63) is 119 Å². The first kappa shape index (κ1) is 28.7. The summed E-state index contributed by atoms with van der Waals surface area (Å²) in [4.78, 5) is 27.7. The molecule has 0 saturated heterocycles. The van der Waals surface area contributed by atoms with Crippen LogP contribution in [0.3, 0.4) is 0 Å². The number of nitrogens with one attached hydrogen (secondary N) is 2. The number of anilines is 1. The number of allylic oxidation sites excluding steroid dienone is 4. The molecule has 7 nitrogen and oxygen atoms in total. The van der Waals surface area contributed by atoms with Gasteiger partial charge >= 0.3 is 0 Å². The van der Waals surface area contributed by atoms with Crippen molar-refractivity contribution in [3.8, 4) is 11.5 Å². The fraction of sp³-hybridized carbons (Fsp3) is 0.257. The maximum atomic E-state index is 13.0. The topological polar surface area (TPSA) is 79.9 Å². The van der Waals surface area contributed by atoms with E-state index >= 15 is 0 Å². The summed E-state index contributed by atoms with van der Waals surface area (Å²) >= 11 is 0. The Bertz CT molecular complexity index is 1560. The number of amides is 2. The lowest BCUT2D eigenvalue weighted by atomic mass is 9.97. The second kappa shape index (κ2) is 13.3. The van der Waals surface area contributed by atoms with Crippen LogP contribution in [0.1, 0.15) is 50.8 Å². The van der Waals surface area contributed by atoms with Crippen molar-refractivity contribution in [2.45, 2.75) is 26.3 Å². The molecule has 216 valence electrons. The highest BCUT2D eigenvalue weighted by molar-refractivity contribution is 6.00. The molecule has 3 aromatic rings. The highest BCUT2D eigenvalue weighted by Crippen LogP contribution is 2.31. The van der Waals surface area contributed by atoms with E-state index < -0.39 is 0 Å². The van der Waals surface area contributed by atoms with Crippen molar-refractivity contribution < 1.29 is 19.1 Å². The Labute approximate surface area is 247 Å². The van der Waals surface area contributed by atoms with Crippen LogP contribution >= 0.6 is 0 Å². The van der Waals surface area contributed by atoms with Crippen molar-refractivity contribution in [2.24, 2.45) is 0 Å². The van der Waals surface area contributed by atoms with Crippen LogP contribution < -0.4 is 25.0 Å². The van der Waals surface area contributed by atoms with Crippen LogP contribution in [0.25, 0.3) is 5.57 Å². The van der Waals surface area contributed by atoms with Crippen molar-refractivity contribution in [3.63, 3.8) is 0 Å². The summed E-state index contributed by atoms with van der Waals surface area (Å²) in [7, 11) is 1.63. The number of rotatable bonds is 9. The zero-order chi connectivity index (χ0) is 29.5. The van der Waals surface area contributed by atoms with Crippen molar-refractivity contribution in [1.82, 2.24) is 10.6 Å². The second-order valence-electron chi connectivity index (χ2n) is 10.5. The molecule has 2 amide bonds. The van der Waals surface area contributed by atoms with Crippen LogP contribution in [0, 0.1) is 0 Å². The van der Waals surface area contributed by atoms with Crippen molar-refractivity contribution in [1.29, 1.82) is 0 Å². The number of carbonyl (C=O) groups is 2. The number of hydrogen-bond acceptors (Lipinski definition) is 5. The van der Waals surface area contributed by atoms with Gasteiger partial charge in [-0.2, -0.15) is 0 Å². The van der Waals surface area contributed by atoms with Crippen molar-refractivity contribution in [2.75, 3.05) is 38.3 Å². The van der Waals surface area contributed by atoms with Crippen LogP contribution in [0.4, 0.5) is 5.69 Å². The number of nitrogens with zero attached hydrogens (tertiary/aromatic N) is 1. The zero-order valence-corrected chi connectivity index (χ0v) is 24.2. The van der Waals surface area contributed by atoms with Gasteiger partial charge in [0.05, 0.1) is 0 Å². The second-order valence-corrected chi connectivity index (χ2v) is 10.5. The predicted molar refractivity (Wildman–Crippen MR) is 167 cm³/mol. The number of hydrogen-bond donors (Lipinski definition) is 2. The zero-order valence-electron chi connectivity index (χ0n) is 24.2. The van der Waals surface area contributed by atoms with Gasteiger partial charge in [-0.25, -0.2) is 0 Å². The largest absolute Gasteiger partial charge is 0.486 e.